The lowest BCUT2D eigenvalue weighted by Gasteiger charge is -2.07. The predicted molar refractivity (Wildman–Crippen MR) is 76.8 cm³/mol. The lowest BCUT2D eigenvalue weighted by molar-refractivity contribution is 0.744. The zero-order chi connectivity index (χ0) is 13.6. The van der Waals surface area contributed by atoms with Crippen LogP contribution in [0.4, 0.5) is 0 Å². The Morgan fingerprint density at radius 2 is 2.05 bits per heavy atom. The lowest BCUT2D eigenvalue weighted by Crippen LogP contribution is -2.03. The number of hydrogen-bond acceptors (Lipinski definition) is 2. The van der Waals surface area contributed by atoms with E-state index in [0.29, 0.717) is 0 Å². The minimum Gasteiger partial charge on any atom is -0.278 e. The van der Waals surface area contributed by atoms with E-state index in [4.69, 9.17) is 11.6 Å². The van der Waals surface area contributed by atoms with Gasteiger partial charge >= 0.3 is 0 Å². The second kappa shape index (κ2) is 4.38. The number of rotatable bonds is 2. The van der Waals surface area contributed by atoms with Gasteiger partial charge in [-0.1, -0.05) is 12.1 Å². The number of benzene rings is 1. The van der Waals surface area contributed by atoms with E-state index in [0.717, 1.165) is 28.2 Å². The molecule has 0 N–H and O–H groups in total. The van der Waals surface area contributed by atoms with E-state index >= 15 is 0 Å². The van der Waals surface area contributed by atoms with E-state index in [2.05, 4.69) is 23.1 Å². The van der Waals surface area contributed by atoms with Gasteiger partial charge in [0, 0.05) is 19.3 Å². The number of imidazole rings is 1. The average Bonchev–Trinajstić information content (AvgIpc) is 2.93. The highest BCUT2D eigenvalue weighted by Crippen LogP contribution is 2.28. The first-order chi connectivity index (χ1) is 9.08. The minimum absolute atomic E-state index is 0.172. The summed E-state index contributed by atoms with van der Waals surface area (Å²) in [6.45, 7) is 3.98. The van der Waals surface area contributed by atoms with E-state index in [-0.39, 0.29) is 5.38 Å². The molecule has 4 nitrogen and oxygen atoms in total. The van der Waals surface area contributed by atoms with E-state index in [1.165, 1.54) is 0 Å². The Balaban J connectivity index is 2.37. The summed E-state index contributed by atoms with van der Waals surface area (Å²) in [4.78, 5) is 4.68. The highest BCUT2D eigenvalue weighted by molar-refractivity contribution is 6.20. The van der Waals surface area contributed by atoms with Crippen LogP contribution in [0.2, 0.25) is 0 Å². The van der Waals surface area contributed by atoms with Crippen LogP contribution in [0.25, 0.3) is 16.9 Å². The average molecular weight is 275 g/mol. The van der Waals surface area contributed by atoms with Crippen molar-refractivity contribution in [3.8, 4) is 5.82 Å². The Morgan fingerprint density at radius 1 is 1.26 bits per heavy atom. The largest absolute Gasteiger partial charge is 0.278 e. The van der Waals surface area contributed by atoms with Crippen molar-refractivity contribution in [1.29, 1.82) is 0 Å². The van der Waals surface area contributed by atoms with Crippen molar-refractivity contribution in [3.63, 3.8) is 0 Å². The van der Waals surface area contributed by atoms with Gasteiger partial charge < -0.3 is 0 Å². The fourth-order valence-corrected chi connectivity index (χ4v) is 2.43. The molecule has 0 radical (unpaired) electrons. The molecule has 0 aliphatic carbocycles. The normalized spacial score (nSPS) is 13.1. The topological polar surface area (TPSA) is 35.6 Å². The summed E-state index contributed by atoms with van der Waals surface area (Å²) < 4.78 is 3.81. The van der Waals surface area contributed by atoms with Gasteiger partial charge in [-0.2, -0.15) is 5.10 Å². The number of aryl methyl sites for hydroxylation is 2. The van der Waals surface area contributed by atoms with Crippen LogP contribution >= 0.6 is 11.6 Å². The molecule has 0 saturated heterocycles. The first-order valence-electron chi connectivity index (χ1n) is 6.20. The summed E-state index contributed by atoms with van der Waals surface area (Å²) in [6.07, 6.45) is 1.92. The molecule has 3 aromatic rings. The molecule has 1 atom stereocenters. The van der Waals surface area contributed by atoms with Crippen molar-refractivity contribution in [3.05, 3.63) is 41.9 Å². The SMILES string of the molecule is Cc1cccc2c1nc(C(C)Cl)n2-c1ccn(C)n1. The molecule has 0 spiro atoms. The summed E-state index contributed by atoms with van der Waals surface area (Å²) in [5, 5.41) is 4.28. The summed E-state index contributed by atoms with van der Waals surface area (Å²) in [5.74, 6) is 1.67. The molecular weight excluding hydrogens is 260 g/mol. The van der Waals surface area contributed by atoms with Gasteiger partial charge in [0.25, 0.3) is 0 Å². The lowest BCUT2D eigenvalue weighted by atomic mass is 10.2. The van der Waals surface area contributed by atoms with Crippen LogP contribution in [0.1, 0.15) is 23.7 Å². The van der Waals surface area contributed by atoms with Crippen LogP contribution in [0.15, 0.2) is 30.5 Å². The zero-order valence-electron chi connectivity index (χ0n) is 11.1. The molecule has 0 bridgehead atoms. The van der Waals surface area contributed by atoms with Crippen molar-refractivity contribution in [2.75, 3.05) is 0 Å². The van der Waals surface area contributed by atoms with Crippen molar-refractivity contribution in [2.24, 2.45) is 7.05 Å². The quantitative estimate of drug-likeness (QED) is 0.672. The molecule has 98 valence electrons. The Bertz CT molecular complexity index is 739. The molecule has 0 aliphatic heterocycles. The molecule has 3 rings (SSSR count). The third kappa shape index (κ3) is 1.92. The smallest absolute Gasteiger partial charge is 0.160 e. The standard InChI is InChI=1S/C14H15ClN4/c1-9-5-4-6-11-13(9)16-14(10(2)15)19(11)12-7-8-18(3)17-12/h4-8,10H,1-3H3. The number of aromatic nitrogens is 4. The van der Waals surface area contributed by atoms with Crippen molar-refractivity contribution in [2.45, 2.75) is 19.2 Å². The number of hydrogen-bond donors (Lipinski definition) is 0. The number of para-hydroxylation sites is 1. The van der Waals surface area contributed by atoms with Gasteiger partial charge in [-0.25, -0.2) is 4.98 Å². The first kappa shape index (κ1) is 12.2. The van der Waals surface area contributed by atoms with Crippen molar-refractivity contribution in [1.82, 2.24) is 19.3 Å². The molecule has 2 heterocycles. The van der Waals surface area contributed by atoms with Gasteiger partial charge in [-0.15, -0.1) is 11.6 Å². The Hall–Kier alpha value is -1.81. The van der Waals surface area contributed by atoms with Gasteiger partial charge in [0.05, 0.1) is 16.4 Å². The molecule has 0 amide bonds. The molecule has 19 heavy (non-hydrogen) atoms. The number of halogens is 1. The van der Waals surface area contributed by atoms with E-state index in [1.807, 2.05) is 42.9 Å². The molecule has 0 saturated carbocycles. The third-order valence-corrected chi connectivity index (χ3v) is 3.39. The zero-order valence-corrected chi connectivity index (χ0v) is 11.9. The van der Waals surface area contributed by atoms with Crippen LogP contribution in [0, 0.1) is 6.92 Å². The van der Waals surface area contributed by atoms with Gasteiger partial charge in [0.2, 0.25) is 0 Å². The summed E-state index contributed by atoms with van der Waals surface area (Å²) in [7, 11) is 1.90. The maximum Gasteiger partial charge on any atom is 0.160 e. The third-order valence-electron chi connectivity index (χ3n) is 3.20. The fourth-order valence-electron chi connectivity index (χ4n) is 2.29. The first-order valence-corrected chi connectivity index (χ1v) is 6.63. The van der Waals surface area contributed by atoms with Gasteiger partial charge in [0.1, 0.15) is 5.82 Å². The van der Waals surface area contributed by atoms with Crippen LogP contribution in [-0.2, 0) is 7.05 Å². The summed E-state index contributed by atoms with van der Waals surface area (Å²) in [5.41, 5.74) is 3.17. The molecule has 2 aromatic heterocycles. The number of nitrogens with zero attached hydrogens (tertiary/aromatic N) is 4. The highest BCUT2D eigenvalue weighted by atomic mass is 35.5. The molecule has 1 unspecified atom stereocenters. The summed E-state index contributed by atoms with van der Waals surface area (Å²) >= 11 is 6.27. The van der Waals surface area contributed by atoms with Gasteiger partial charge in [-0.3, -0.25) is 9.25 Å². The minimum atomic E-state index is -0.172. The van der Waals surface area contributed by atoms with Crippen molar-refractivity contribution >= 4 is 22.6 Å². The molecule has 5 heteroatoms. The number of fused-ring (bicyclic) bond motifs is 1. The van der Waals surface area contributed by atoms with E-state index < -0.39 is 0 Å². The maximum absolute atomic E-state index is 6.27. The second-order valence-electron chi connectivity index (χ2n) is 4.71. The number of alkyl halides is 1. The van der Waals surface area contributed by atoms with Crippen molar-refractivity contribution < 1.29 is 0 Å². The van der Waals surface area contributed by atoms with Crippen LogP contribution in [0.3, 0.4) is 0 Å². The van der Waals surface area contributed by atoms with E-state index in [1.54, 1.807) is 4.68 Å². The Kier molecular flexibility index (Phi) is 2.82. The van der Waals surface area contributed by atoms with E-state index in [9.17, 15) is 0 Å². The maximum atomic E-state index is 6.27. The van der Waals surface area contributed by atoms with Crippen LogP contribution in [0.5, 0.6) is 0 Å². The van der Waals surface area contributed by atoms with Crippen LogP contribution in [-0.4, -0.2) is 19.3 Å². The van der Waals surface area contributed by atoms with Gasteiger partial charge in [0.15, 0.2) is 5.82 Å². The second-order valence-corrected chi connectivity index (χ2v) is 5.37. The highest BCUT2D eigenvalue weighted by Gasteiger charge is 2.18. The monoisotopic (exact) mass is 274 g/mol. The fraction of sp³-hybridized carbons (Fsp3) is 0.286. The predicted octanol–water partition coefficient (Wildman–Crippen LogP) is 3.37. The molecular formula is C14H15ClN4. The van der Waals surface area contributed by atoms with Crippen LogP contribution < -0.4 is 0 Å². The Morgan fingerprint density at radius 3 is 2.68 bits per heavy atom. The molecule has 0 fully saturated rings. The summed E-state index contributed by atoms with van der Waals surface area (Å²) in [6, 6.07) is 8.10. The molecule has 0 aliphatic rings. The van der Waals surface area contributed by atoms with Gasteiger partial charge in [-0.05, 0) is 25.5 Å². The molecule has 1 aromatic carbocycles. The Labute approximate surface area is 116 Å².